The fourth-order valence-electron chi connectivity index (χ4n) is 2.39. The number of pyridine rings is 1. The van der Waals surface area contributed by atoms with Gasteiger partial charge in [-0.2, -0.15) is 0 Å². The van der Waals surface area contributed by atoms with Crippen molar-refractivity contribution in [1.29, 1.82) is 0 Å². The molecule has 3 aromatic rings. The maximum atomic E-state index is 13.7. The molecule has 0 saturated heterocycles. The molecule has 134 valence electrons. The molecular formula is C17H13F2N3O3S. The second-order valence-corrected chi connectivity index (χ2v) is 6.34. The van der Waals surface area contributed by atoms with Gasteiger partial charge in [-0.05, 0) is 19.1 Å². The molecule has 3 rings (SSSR count). The Morgan fingerprint density at radius 1 is 1.31 bits per heavy atom. The van der Waals surface area contributed by atoms with E-state index in [9.17, 15) is 18.4 Å². The number of halogens is 2. The molecule has 0 saturated carbocycles. The van der Waals surface area contributed by atoms with Crippen LogP contribution < -0.4 is 5.56 Å². The number of hydrogen-bond acceptors (Lipinski definition) is 6. The molecular weight excluding hydrogens is 364 g/mol. The number of nitrogens with one attached hydrogen (secondary N) is 1. The van der Waals surface area contributed by atoms with E-state index in [1.165, 1.54) is 25.3 Å². The number of H-pyrrole nitrogens is 1. The van der Waals surface area contributed by atoms with Crippen molar-refractivity contribution < 1.29 is 18.3 Å². The van der Waals surface area contributed by atoms with Crippen molar-refractivity contribution in [3.05, 3.63) is 63.1 Å². The Bertz CT molecular complexity index is 1070. The number of thioether (sulfide) groups is 1. The minimum absolute atomic E-state index is 0.0173. The normalized spacial score (nSPS) is 10.9. The van der Waals surface area contributed by atoms with E-state index in [2.05, 4.69) is 19.7 Å². The summed E-state index contributed by atoms with van der Waals surface area (Å²) in [5.41, 5.74) is 0.214. The van der Waals surface area contributed by atoms with E-state index in [0.29, 0.717) is 5.69 Å². The summed E-state index contributed by atoms with van der Waals surface area (Å²) < 4.78 is 31.7. The number of carbonyl (C=O) groups excluding carboxylic acids is 1. The molecule has 2 heterocycles. The first-order valence-electron chi connectivity index (χ1n) is 7.46. The number of aromatic amines is 1. The van der Waals surface area contributed by atoms with Crippen molar-refractivity contribution in [2.24, 2.45) is 0 Å². The molecule has 1 N–H and O–H groups in total. The second-order valence-electron chi connectivity index (χ2n) is 5.37. The number of aryl methyl sites for hydroxylation is 1. The maximum absolute atomic E-state index is 13.7. The summed E-state index contributed by atoms with van der Waals surface area (Å²) in [5, 5.41) is 0.198. The van der Waals surface area contributed by atoms with Crippen molar-refractivity contribution >= 4 is 28.8 Å². The molecule has 0 spiro atoms. The van der Waals surface area contributed by atoms with Crippen molar-refractivity contribution in [1.82, 2.24) is 15.0 Å². The van der Waals surface area contributed by atoms with Gasteiger partial charge in [0.15, 0.2) is 22.4 Å². The minimum atomic E-state index is -0.942. The number of methoxy groups -OCH3 is 1. The van der Waals surface area contributed by atoms with Gasteiger partial charge in [0.25, 0.3) is 5.56 Å². The highest BCUT2D eigenvalue weighted by atomic mass is 32.2. The Balaban J connectivity index is 2.00. The number of nitrogens with zero attached hydrogens (tertiary/aromatic N) is 2. The molecule has 0 atom stereocenters. The third kappa shape index (κ3) is 3.43. The highest BCUT2D eigenvalue weighted by molar-refractivity contribution is 7.98. The van der Waals surface area contributed by atoms with Crippen LogP contribution in [0.2, 0.25) is 0 Å². The number of aromatic nitrogens is 3. The molecule has 0 fully saturated rings. The number of esters is 1. The summed E-state index contributed by atoms with van der Waals surface area (Å²) in [7, 11) is 1.21. The molecule has 0 amide bonds. The van der Waals surface area contributed by atoms with E-state index in [0.717, 1.165) is 17.8 Å². The topological polar surface area (TPSA) is 84.9 Å². The van der Waals surface area contributed by atoms with Gasteiger partial charge in [-0.1, -0.05) is 23.9 Å². The molecule has 6 nitrogen and oxygen atoms in total. The van der Waals surface area contributed by atoms with E-state index in [4.69, 9.17) is 0 Å². The summed E-state index contributed by atoms with van der Waals surface area (Å²) in [5.74, 6) is -2.49. The van der Waals surface area contributed by atoms with Gasteiger partial charge in [-0.15, -0.1) is 0 Å². The van der Waals surface area contributed by atoms with Crippen LogP contribution in [0.15, 0.2) is 34.2 Å². The Labute approximate surface area is 150 Å². The van der Waals surface area contributed by atoms with Gasteiger partial charge < -0.3 is 9.72 Å². The van der Waals surface area contributed by atoms with Crippen LogP contribution in [-0.2, 0) is 10.5 Å². The first-order valence-corrected chi connectivity index (χ1v) is 8.45. The summed E-state index contributed by atoms with van der Waals surface area (Å²) in [6.07, 6.45) is 0. The molecule has 26 heavy (non-hydrogen) atoms. The van der Waals surface area contributed by atoms with Crippen LogP contribution in [0.3, 0.4) is 0 Å². The zero-order valence-corrected chi connectivity index (χ0v) is 14.6. The predicted octanol–water partition coefficient (Wildman–Crippen LogP) is 2.98. The molecule has 0 aliphatic rings. The second kappa shape index (κ2) is 7.20. The van der Waals surface area contributed by atoms with Gasteiger partial charge in [0.1, 0.15) is 0 Å². The number of carbonyl (C=O) groups is 1. The van der Waals surface area contributed by atoms with Gasteiger partial charge in [-0.3, -0.25) is 4.79 Å². The van der Waals surface area contributed by atoms with E-state index in [1.54, 1.807) is 6.92 Å². The third-order valence-electron chi connectivity index (χ3n) is 3.58. The summed E-state index contributed by atoms with van der Waals surface area (Å²) in [6, 6.07) is 5.32. The highest BCUT2D eigenvalue weighted by Gasteiger charge is 2.18. The lowest BCUT2D eigenvalue weighted by atomic mass is 10.1. The van der Waals surface area contributed by atoms with Gasteiger partial charge in [0.2, 0.25) is 0 Å². The average Bonchev–Trinajstić information content (AvgIpc) is 2.61. The molecule has 0 unspecified atom stereocenters. The molecule has 2 aromatic heterocycles. The standard InChI is InChI=1S/C17H13F2N3O3S/c1-8-6-10(16(24)25-2)12-14(20-8)21-17(22-15(12)23)26-7-9-4-3-5-11(18)13(9)19/h3-6H,7H2,1-2H3,(H,20,21,22,23). The van der Waals surface area contributed by atoms with Crippen molar-refractivity contribution in [2.45, 2.75) is 17.8 Å². The van der Waals surface area contributed by atoms with Crippen molar-refractivity contribution in [2.75, 3.05) is 7.11 Å². The van der Waals surface area contributed by atoms with Crippen molar-refractivity contribution in [3.63, 3.8) is 0 Å². The van der Waals surface area contributed by atoms with Gasteiger partial charge in [-0.25, -0.2) is 23.5 Å². The fourth-order valence-corrected chi connectivity index (χ4v) is 3.22. The number of ether oxygens (including phenoxy) is 1. The quantitative estimate of drug-likeness (QED) is 0.427. The SMILES string of the molecule is COC(=O)c1cc(C)nc2nc(SCc3cccc(F)c3F)[nH]c(=O)c12. The molecule has 0 bridgehead atoms. The Morgan fingerprint density at radius 3 is 2.81 bits per heavy atom. The average molecular weight is 377 g/mol. The van der Waals surface area contributed by atoms with E-state index in [1.807, 2.05) is 0 Å². The molecule has 1 aromatic carbocycles. The first-order chi connectivity index (χ1) is 12.4. The zero-order valence-electron chi connectivity index (χ0n) is 13.8. The van der Waals surface area contributed by atoms with Gasteiger partial charge >= 0.3 is 5.97 Å². The number of hydrogen-bond donors (Lipinski definition) is 1. The van der Waals surface area contributed by atoms with Crippen LogP contribution in [0.5, 0.6) is 0 Å². The number of benzene rings is 1. The summed E-state index contributed by atoms with van der Waals surface area (Å²) in [4.78, 5) is 35.2. The zero-order chi connectivity index (χ0) is 18.8. The van der Waals surface area contributed by atoms with Gasteiger partial charge in [0, 0.05) is 17.0 Å². The number of rotatable bonds is 4. The molecule has 9 heteroatoms. The smallest absolute Gasteiger partial charge is 0.338 e. The fraction of sp³-hybridized carbons (Fsp3) is 0.176. The first kappa shape index (κ1) is 18.0. The Kier molecular flexibility index (Phi) is 4.99. The van der Waals surface area contributed by atoms with E-state index >= 15 is 0 Å². The Morgan fingerprint density at radius 2 is 2.08 bits per heavy atom. The lowest BCUT2D eigenvalue weighted by Gasteiger charge is -2.07. The van der Waals surface area contributed by atoms with Crippen LogP contribution in [0, 0.1) is 18.6 Å². The van der Waals surface area contributed by atoms with Crippen molar-refractivity contribution in [3.8, 4) is 0 Å². The predicted molar refractivity (Wildman–Crippen MR) is 92.2 cm³/mol. The minimum Gasteiger partial charge on any atom is -0.465 e. The molecule has 0 radical (unpaired) electrons. The van der Waals surface area contributed by atoms with E-state index < -0.39 is 23.2 Å². The van der Waals surface area contributed by atoms with Crippen LogP contribution in [0.4, 0.5) is 8.78 Å². The molecule has 0 aliphatic heterocycles. The maximum Gasteiger partial charge on any atom is 0.338 e. The largest absolute Gasteiger partial charge is 0.465 e. The lowest BCUT2D eigenvalue weighted by Crippen LogP contribution is -2.16. The molecule has 0 aliphatic carbocycles. The summed E-state index contributed by atoms with van der Waals surface area (Å²) >= 11 is 1.02. The van der Waals surface area contributed by atoms with Crippen LogP contribution in [-0.4, -0.2) is 28.0 Å². The van der Waals surface area contributed by atoms with Crippen LogP contribution in [0.1, 0.15) is 21.6 Å². The van der Waals surface area contributed by atoms with Crippen LogP contribution in [0.25, 0.3) is 11.0 Å². The van der Waals surface area contributed by atoms with E-state index in [-0.39, 0.29) is 33.1 Å². The lowest BCUT2D eigenvalue weighted by molar-refractivity contribution is 0.0602. The number of fused-ring (bicyclic) bond motifs is 1. The Hall–Kier alpha value is -2.81. The highest BCUT2D eigenvalue weighted by Crippen LogP contribution is 2.23. The van der Waals surface area contributed by atoms with Crippen LogP contribution >= 0.6 is 11.8 Å². The third-order valence-corrected chi connectivity index (χ3v) is 4.51. The van der Waals surface area contributed by atoms with Gasteiger partial charge in [0.05, 0.1) is 18.1 Å². The monoisotopic (exact) mass is 377 g/mol. The summed E-state index contributed by atoms with van der Waals surface area (Å²) in [6.45, 7) is 1.66.